The van der Waals surface area contributed by atoms with Crippen LogP contribution in [0.3, 0.4) is 0 Å². The van der Waals surface area contributed by atoms with Gasteiger partial charge in [0.25, 0.3) is 11.6 Å². The van der Waals surface area contributed by atoms with Crippen LogP contribution in [0, 0.1) is 10.1 Å². The van der Waals surface area contributed by atoms with E-state index in [-0.39, 0.29) is 17.4 Å². The Bertz CT molecular complexity index is 1110. The maximum atomic E-state index is 12.8. The molecule has 0 bridgehead atoms. The number of furan rings is 1. The molecule has 0 saturated carbocycles. The second kappa shape index (κ2) is 8.38. The number of nitro groups is 1. The molecule has 1 amide bonds. The zero-order valence-corrected chi connectivity index (χ0v) is 17.3. The number of amides is 1. The molecule has 154 valence electrons. The number of hydrogen-bond acceptors (Lipinski definition) is 5. The van der Waals surface area contributed by atoms with Crippen molar-refractivity contribution in [2.75, 3.05) is 31.1 Å². The summed E-state index contributed by atoms with van der Waals surface area (Å²) in [6.45, 7) is 2.09. The molecule has 3 aromatic rings. The molecule has 9 heteroatoms. The second-order valence-electron chi connectivity index (χ2n) is 6.85. The molecular weight excluding hydrogens is 429 g/mol. The summed E-state index contributed by atoms with van der Waals surface area (Å²) in [6.07, 6.45) is 0. The third-order valence-corrected chi connectivity index (χ3v) is 5.51. The van der Waals surface area contributed by atoms with Gasteiger partial charge in [-0.05, 0) is 30.3 Å². The van der Waals surface area contributed by atoms with E-state index < -0.39 is 4.92 Å². The lowest BCUT2D eigenvalue weighted by Gasteiger charge is -2.36. The summed E-state index contributed by atoms with van der Waals surface area (Å²) < 4.78 is 5.76. The molecular formula is C21H17Cl2N3O4. The fraction of sp³-hybridized carbons (Fsp3) is 0.190. The Kier molecular flexibility index (Phi) is 5.65. The number of carbonyl (C=O) groups excluding carboxylic acids is 1. The van der Waals surface area contributed by atoms with Crippen LogP contribution < -0.4 is 4.90 Å². The molecule has 1 aliphatic rings. The molecule has 2 aromatic carbocycles. The summed E-state index contributed by atoms with van der Waals surface area (Å²) in [7, 11) is 0. The van der Waals surface area contributed by atoms with Crippen LogP contribution in [-0.2, 0) is 0 Å². The lowest BCUT2D eigenvalue weighted by atomic mass is 10.2. The van der Waals surface area contributed by atoms with Crippen LogP contribution in [0.5, 0.6) is 0 Å². The number of hydrogen-bond donors (Lipinski definition) is 0. The van der Waals surface area contributed by atoms with Crippen molar-refractivity contribution in [3.63, 3.8) is 0 Å². The van der Waals surface area contributed by atoms with Crippen molar-refractivity contribution in [2.45, 2.75) is 0 Å². The predicted octanol–water partition coefficient (Wildman–Crippen LogP) is 5.12. The summed E-state index contributed by atoms with van der Waals surface area (Å²) in [4.78, 5) is 27.0. The Balaban J connectivity index is 1.42. The first kappa shape index (κ1) is 20.3. The smallest absolute Gasteiger partial charge is 0.289 e. The van der Waals surface area contributed by atoms with Gasteiger partial charge in [-0.1, -0.05) is 35.3 Å². The molecule has 1 aliphatic heterocycles. The molecule has 4 rings (SSSR count). The standard InChI is InChI=1S/C21H17Cl2N3O4/c22-15-3-1-2-14(12-15)19-6-7-20(30-19)21(27)25-10-8-24(9-11-25)18-5-4-16(26(28)29)13-17(18)23/h1-7,12-13H,8-11H2. The summed E-state index contributed by atoms with van der Waals surface area (Å²) in [5, 5.41) is 11.8. The molecule has 2 heterocycles. The third kappa shape index (κ3) is 4.13. The summed E-state index contributed by atoms with van der Waals surface area (Å²) in [5.41, 5.74) is 1.47. The SMILES string of the molecule is O=C(c1ccc(-c2cccc(Cl)c2)o1)N1CCN(c2ccc([N+](=O)[O-])cc2Cl)CC1. The number of benzene rings is 2. The van der Waals surface area contributed by atoms with Crippen molar-refractivity contribution in [1.82, 2.24) is 4.90 Å². The largest absolute Gasteiger partial charge is 0.451 e. The number of piperazine rings is 1. The number of rotatable bonds is 4. The molecule has 1 aromatic heterocycles. The summed E-state index contributed by atoms with van der Waals surface area (Å²) in [6, 6.07) is 15.1. The third-order valence-electron chi connectivity index (χ3n) is 4.98. The number of carbonyl (C=O) groups is 1. The molecule has 0 spiro atoms. The highest BCUT2D eigenvalue weighted by Crippen LogP contribution is 2.31. The van der Waals surface area contributed by atoms with Crippen LogP contribution in [-0.4, -0.2) is 41.9 Å². The first-order valence-electron chi connectivity index (χ1n) is 9.26. The topological polar surface area (TPSA) is 79.8 Å². The maximum Gasteiger partial charge on any atom is 0.289 e. The van der Waals surface area contributed by atoms with Crippen LogP contribution in [0.15, 0.2) is 59.0 Å². The van der Waals surface area contributed by atoms with E-state index >= 15 is 0 Å². The average molecular weight is 446 g/mol. The zero-order chi connectivity index (χ0) is 21.3. The van der Waals surface area contributed by atoms with Crippen molar-refractivity contribution in [3.8, 4) is 11.3 Å². The first-order chi connectivity index (χ1) is 14.4. The maximum absolute atomic E-state index is 12.8. The van der Waals surface area contributed by atoms with E-state index in [0.29, 0.717) is 42.0 Å². The Morgan fingerprint density at radius 1 is 1.00 bits per heavy atom. The quantitative estimate of drug-likeness (QED) is 0.410. The number of non-ortho nitro benzene ring substituents is 1. The minimum atomic E-state index is -0.479. The van der Waals surface area contributed by atoms with Gasteiger partial charge in [-0.25, -0.2) is 0 Å². The number of nitro benzene ring substituents is 1. The van der Waals surface area contributed by atoms with Gasteiger partial charge in [-0.2, -0.15) is 0 Å². The molecule has 0 atom stereocenters. The lowest BCUT2D eigenvalue weighted by molar-refractivity contribution is -0.384. The van der Waals surface area contributed by atoms with Crippen LogP contribution in [0.4, 0.5) is 11.4 Å². The summed E-state index contributed by atoms with van der Waals surface area (Å²) in [5.74, 6) is 0.668. The fourth-order valence-corrected chi connectivity index (χ4v) is 3.91. The van der Waals surface area contributed by atoms with Crippen molar-refractivity contribution in [2.24, 2.45) is 0 Å². The van der Waals surface area contributed by atoms with E-state index in [1.165, 1.54) is 12.1 Å². The Labute approximate surface area is 182 Å². The van der Waals surface area contributed by atoms with Crippen LogP contribution >= 0.6 is 23.2 Å². The highest BCUT2D eigenvalue weighted by atomic mass is 35.5. The van der Waals surface area contributed by atoms with Gasteiger partial charge in [-0.3, -0.25) is 14.9 Å². The average Bonchev–Trinajstić information content (AvgIpc) is 3.23. The molecule has 0 aliphatic carbocycles. The number of halogens is 2. The van der Waals surface area contributed by atoms with Crippen molar-refractivity contribution >= 4 is 40.5 Å². The Morgan fingerprint density at radius 3 is 2.43 bits per heavy atom. The van der Waals surface area contributed by atoms with Crippen molar-refractivity contribution in [1.29, 1.82) is 0 Å². The minimum absolute atomic E-state index is 0.0501. The van der Waals surface area contributed by atoms with Gasteiger partial charge in [0.2, 0.25) is 0 Å². The van der Waals surface area contributed by atoms with Crippen molar-refractivity contribution < 1.29 is 14.1 Å². The van der Waals surface area contributed by atoms with Crippen LogP contribution in [0.2, 0.25) is 10.0 Å². The van der Waals surface area contributed by atoms with Crippen molar-refractivity contribution in [3.05, 3.63) is 80.5 Å². The van der Waals surface area contributed by atoms with E-state index in [0.717, 1.165) is 11.3 Å². The molecule has 7 nitrogen and oxygen atoms in total. The summed E-state index contributed by atoms with van der Waals surface area (Å²) >= 11 is 12.2. The van der Waals surface area contributed by atoms with E-state index in [1.807, 2.05) is 17.0 Å². The minimum Gasteiger partial charge on any atom is -0.451 e. The molecule has 0 unspecified atom stereocenters. The molecule has 0 N–H and O–H groups in total. The monoisotopic (exact) mass is 445 g/mol. The van der Waals surface area contributed by atoms with Crippen LogP contribution in [0.1, 0.15) is 10.6 Å². The molecule has 1 fully saturated rings. The van der Waals surface area contributed by atoms with Gasteiger partial charge in [0, 0.05) is 48.9 Å². The van der Waals surface area contributed by atoms with E-state index in [1.54, 1.807) is 35.2 Å². The highest BCUT2D eigenvalue weighted by molar-refractivity contribution is 6.33. The van der Waals surface area contributed by atoms with Gasteiger partial charge < -0.3 is 14.2 Å². The fourth-order valence-electron chi connectivity index (χ4n) is 3.42. The van der Waals surface area contributed by atoms with E-state index in [4.69, 9.17) is 27.6 Å². The Morgan fingerprint density at radius 2 is 1.77 bits per heavy atom. The zero-order valence-electron chi connectivity index (χ0n) is 15.8. The highest BCUT2D eigenvalue weighted by Gasteiger charge is 2.26. The number of nitrogens with zero attached hydrogens (tertiary/aromatic N) is 3. The van der Waals surface area contributed by atoms with Gasteiger partial charge in [-0.15, -0.1) is 0 Å². The normalized spacial score (nSPS) is 14.1. The van der Waals surface area contributed by atoms with Gasteiger partial charge in [0.05, 0.1) is 15.6 Å². The first-order valence-corrected chi connectivity index (χ1v) is 10.0. The van der Waals surface area contributed by atoms with Gasteiger partial charge in [0.15, 0.2) is 5.76 Å². The number of anilines is 1. The predicted molar refractivity (Wildman–Crippen MR) is 115 cm³/mol. The van der Waals surface area contributed by atoms with Crippen LogP contribution in [0.25, 0.3) is 11.3 Å². The lowest BCUT2D eigenvalue weighted by Crippen LogP contribution is -2.48. The molecule has 1 saturated heterocycles. The molecule has 0 radical (unpaired) electrons. The van der Waals surface area contributed by atoms with E-state index in [9.17, 15) is 14.9 Å². The van der Waals surface area contributed by atoms with E-state index in [2.05, 4.69) is 0 Å². The van der Waals surface area contributed by atoms with Gasteiger partial charge >= 0.3 is 0 Å². The second-order valence-corrected chi connectivity index (χ2v) is 7.69. The van der Waals surface area contributed by atoms with Gasteiger partial charge in [0.1, 0.15) is 5.76 Å². The Hall–Kier alpha value is -3.03. The molecule has 30 heavy (non-hydrogen) atoms.